The molecule has 0 saturated heterocycles. The van der Waals surface area contributed by atoms with E-state index >= 15 is 0 Å². The highest BCUT2D eigenvalue weighted by atomic mass is 79.9. The van der Waals surface area contributed by atoms with Gasteiger partial charge in [-0.05, 0) is 37.6 Å². The van der Waals surface area contributed by atoms with E-state index in [1.165, 1.54) is 0 Å². The molecule has 0 heterocycles. The van der Waals surface area contributed by atoms with Crippen molar-refractivity contribution in [1.29, 1.82) is 0 Å². The number of unbranched alkanes of at least 4 members (excludes halogenated alkanes) is 3. The van der Waals surface area contributed by atoms with Crippen molar-refractivity contribution in [2.75, 3.05) is 19.6 Å². The quantitative estimate of drug-likeness (QED) is 0.552. The molecule has 0 unspecified atom stereocenters. The predicted molar refractivity (Wildman–Crippen MR) is 91.6 cm³/mol. The SMILES string of the molecule is NCCCCCCC(=O)NCCNC(=O)c1cccc(Br)c1. The zero-order chi connectivity index (χ0) is 16.2. The van der Waals surface area contributed by atoms with Crippen LogP contribution in [0.3, 0.4) is 0 Å². The molecule has 0 bridgehead atoms. The molecule has 1 rings (SSSR count). The highest BCUT2D eigenvalue weighted by Crippen LogP contribution is 2.11. The fourth-order valence-electron chi connectivity index (χ4n) is 1.98. The van der Waals surface area contributed by atoms with Gasteiger partial charge in [0, 0.05) is 29.5 Å². The van der Waals surface area contributed by atoms with Gasteiger partial charge in [0.15, 0.2) is 0 Å². The molecular weight excluding hydrogens is 346 g/mol. The molecular formula is C16H24BrN3O2. The molecule has 22 heavy (non-hydrogen) atoms. The van der Waals surface area contributed by atoms with Crippen molar-refractivity contribution in [3.63, 3.8) is 0 Å². The second-order valence-corrected chi connectivity index (χ2v) is 5.98. The van der Waals surface area contributed by atoms with Gasteiger partial charge in [-0.25, -0.2) is 0 Å². The topological polar surface area (TPSA) is 84.2 Å². The lowest BCUT2D eigenvalue weighted by atomic mass is 10.1. The molecule has 1 aromatic rings. The van der Waals surface area contributed by atoms with E-state index in [2.05, 4.69) is 26.6 Å². The summed E-state index contributed by atoms with van der Waals surface area (Å²) in [7, 11) is 0. The van der Waals surface area contributed by atoms with Gasteiger partial charge in [-0.3, -0.25) is 9.59 Å². The minimum atomic E-state index is -0.141. The monoisotopic (exact) mass is 369 g/mol. The molecule has 2 amide bonds. The number of carbonyl (C=O) groups excluding carboxylic acids is 2. The standard InChI is InChI=1S/C16H24BrN3O2/c17-14-7-5-6-13(12-14)16(22)20-11-10-19-15(21)8-3-1-2-4-9-18/h5-7,12H,1-4,8-11,18H2,(H,19,21)(H,20,22). The Morgan fingerprint density at radius 2 is 1.77 bits per heavy atom. The summed E-state index contributed by atoms with van der Waals surface area (Å²) >= 11 is 3.33. The number of carbonyl (C=O) groups is 2. The Morgan fingerprint density at radius 1 is 1.05 bits per heavy atom. The van der Waals surface area contributed by atoms with Gasteiger partial charge in [-0.1, -0.05) is 34.8 Å². The molecule has 0 radical (unpaired) electrons. The molecule has 0 aliphatic rings. The fourth-order valence-corrected chi connectivity index (χ4v) is 2.38. The van der Waals surface area contributed by atoms with Crippen LogP contribution in [0.1, 0.15) is 42.5 Å². The van der Waals surface area contributed by atoms with Gasteiger partial charge in [-0.2, -0.15) is 0 Å². The summed E-state index contributed by atoms with van der Waals surface area (Å²) in [5.41, 5.74) is 6.01. The molecule has 0 spiro atoms. The number of nitrogens with two attached hydrogens (primary N) is 1. The molecule has 122 valence electrons. The summed E-state index contributed by atoms with van der Waals surface area (Å²) < 4.78 is 0.864. The summed E-state index contributed by atoms with van der Waals surface area (Å²) in [6.45, 7) is 1.58. The highest BCUT2D eigenvalue weighted by Gasteiger charge is 2.05. The number of amides is 2. The van der Waals surface area contributed by atoms with Crippen molar-refractivity contribution < 1.29 is 9.59 Å². The molecule has 4 N–H and O–H groups in total. The number of benzene rings is 1. The Balaban J connectivity index is 2.09. The molecule has 0 saturated carbocycles. The molecule has 0 atom stereocenters. The summed E-state index contributed by atoms with van der Waals surface area (Å²) in [5, 5.41) is 5.58. The second kappa shape index (κ2) is 11.2. The van der Waals surface area contributed by atoms with Crippen molar-refractivity contribution in [3.8, 4) is 0 Å². The highest BCUT2D eigenvalue weighted by molar-refractivity contribution is 9.10. The molecule has 5 nitrogen and oxygen atoms in total. The molecule has 1 aromatic carbocycles. The van der Waals surface area contributed by atoms with Gasteiger partial charge in [0.1, 0.15) is 0 Å². The Kier molecular flexibility index (Phi) is 9.50. The lowest BCUT2D eigenvalue weighted by molar-refractivity contribution is -0.121. The van der Waals surface area contributed by atoms with E-state index in [-0.39, 0.29) is 11.8 Å². The van der Waals surface area contributed by atoms with Crippen molar-refractivity contribution >= 4 is 27.7 Å². The zero-order valence-electron chi connectivity index (χ0n) is 12.7. The number of nitrogens with one attached hydrogen (secondary N) is 2. The van der Waals surface area contributed by atoms with Crippen molar-refractivity contribution in [2.45, 2.75) is 32.1 Å². The van der Waals surface area contributed by atoms with Gasteiger partial charge in [0.2, 0.25) is 5.91 Å². The lowest BCUT2D eigenvalue weighted by Gasteiger charge is -2.07. The van der Waals surface area contributed by atoms with Crippen molar-refractivity contribution in [3.05, 3.63) is 34.3 Å². The first-order chi connectivity index (χ1) is 10.6. The van der Waals surface area contributed by atoms with E-state index < -0.39 is 0 Å². The zero-order valence-corrected chi connectivity index (χ0v) is 14.3. The van der Waals surface area contributed by atoms with E-state index in [1.54, 1.807) is 12.1 Å². The summed E-state index contributed by atoms with van der Waals surface area (Å²) in [6, 6.07) is 7.19. The van der Waals surface area contributed by atoms with Crippen LogP contribution < -0.4 is 16.4 Å². The van der Waals surface area contributed by atoms with Crippen LogP contribution in [-0.2, 0) is 4.79 Å². The summed E-state index contributed by atoms with van der Waals surface area (Å²) in [4.78, 5) is 23.4. The van der Waals surface area contributed by atoms with E-state index in [4.69, 9.17) is 5.73 Å². The van der Waals surface area contributed by atoms with E-state index in [9.17, 15) is 9.59 Å². The van der Waals surface area contributed by atoms with Gasteiger partial charge >= 0.3 is 0 Å². The van der Waals surface area contributed by atoms with E-state index in [0.29, 0.717) is 31.6 Å². The van der Waals surface area contributed by atoms with Crippen molar-refractivity contribution in [1.82, 2.24) is 10.6 Å². The maximum atomic E-state index is 11.9. The van der Waals surface area contributed by atoms with E-state index in [1.807, 2.05) is 12.1 Å². The average Bonchev–Trinajstić information content (AvgIpc) is 2.51. The van der Waals surface area contributed by atoms with E-state index in [0.717, 1.165) is 30.2 Å². The van der Waals surface area contributed by atoms with Crippen LogP contribution in [-0.4, -0.2) is 31.4 Å². The van der Waals surface area contributed by atoms with Gasteiger partial charge < -0.3 is 16.4 Å². The Hall–Kier alpha value is -1.40. The van der Waals surface area contributed by atoms with Crippen LogP contribution in [0.5, 0.6) is 0 Å². The van der Waals surface area contributed by atoms with Crippen LogP contribution in [0.25, 0.3) is 0 Å². The Labute approximate surface area is 140 Å². The minimum absolute atomic E-state index is 0.0319. The molecule has 0 aliphatic heterocycles. The predicted octanol–water partition coefficient (Wildman–Crippen LogP) is 2.20. The molecule has 0 aliphatic carbocycles. The minimum Gasteiger partial charge on any atom is -0.354 e. The third-order valence-corrected chi connectivity index (χ3v) is 3.67. The number of halogens is 1. The summed E-state index contributed by atoms with van der Waals surface area (Å²) in [6.07, 6.45) is 4.54. The smallest absolute Gasteiger partial charge is 0.251 e. The molecule has 0 aromatic heterocycles. The first-order valence-electron chi connectivity index (χ1n) is 7.64. The number of hydrogen-bond acceptors (Lipinski definition) is 3. The number of hydrogen-bond donors (Lipinski definition) is 3. The van der Waals surface area contributed by atoms with Crippen LogP contribution in [0.2, 0.25) is 0 Å². The third-order valence-electron chi connectivity index (χ3n) is 3.18. The van der Waals surface area contributed by atoms with Crippen LogP contribution >= 0.6 is 15.9 Å². The first kappa shape index (κ1) is 18.6. The maximum absolute atomic E-state index is 11.9. The van der Waals surface area contributed by atoms with Crippen molar-refractivity contribution in [2.24, 2.45) is 5.73 Å². The van der Waals surface area contributed by atoms with Gasteiger partial charge in [0.25, 0.3) is 5.91 Å². The second-order valence-electron chi connectivity index (χ2n) is 5.07. The maximum Gasteiger partial charge on any atom is 0.251 e. The van der Waals surface area contributed by atoms with Crippen LogP contribution in [0, 0.1) is 0 Å². The van der Waals surface area contributed by atoms with Gasteiger partial charge in [-0.15, -0.1) is 0 Å². The van der Waals surface area contributed by atoms with Gasteiger partial charge in [0.05, 0.1) is 0 Å². The lowest BCUT2D eigenvalue weighted by Crippen LogP contribution is -2.34. The fraction of sp³-hybridized carbons (Fsp3) is 0.500. The molecule has 0 fully saturated rings. The molecule has 6 heteroatoms. The Morgan fingerprint density at radius 3 is 2.50 bits per heavy atom. The third kappa shape index (κ3) is 8.14. The Bertz CT molecular complexity index is 480. The largest absolute Gasteiger partial charge is 0.354 e. The summed E-state index contributed by atoms with van der Waals surface area (Å²) in [5.74, 6) is -0.109. The first-order valence-corrected chi connectivity index (χ1v) is 8.43. The normalized spacial score (nSPS) is 10.3. The van der Waals surface area contributed by atoms with Crippen LogP contribution in [0.4, 0.5) is 0 Å². The average molecular weight is 370 g/mol. The van der Waals surface area contributed by atoms with Crippen LogP contribution in [0.15, 0.2) is 28.7 Å². The number of rotatable bonds is 10.